The summed E-state index contributed by atoms with van der Waals surface area (Å²) in [7, 11) is 0. The lowest BCUT2D eigenvalue weighted by Gasteiger charge is -2.16. The summed E-state index contributed by atoms with van der Waals surface area (Å²) in [6.45, 7) is 7.25. The van der Waals surface area contributed by atoms with Crippen molar-refractivity contribution in [3.63, 3.8) is 0 Å². The summed E-state index contributed by atoms with van der Waals surface area (Å²) in [6.07, 6.45) is 7.99. The molecule has 108 valence electrons. The molecule has 1 atom stereocenters. The summed E-state index contributed by atoms with van der Waals surface area (Å²) in [5, 5.41) is 3.55. The molecule has 0 saturated heterocycles. The number of anilines is 1. The van der Waals surface area contributed by atoms with Gasteiger partial charge in [-0.15, -0.1) is 0 Å². The van der Waals surface area contributed by atoms with Crippen molar-refractivity contribution in [3.8, 4) is 5.75 Å². The second-order valence-electron chi connectivity index (χ2n) is 5.21. The zero-order valence-corrected chi connectivity index (χ0v) is 12.7. The Balaban J connectivity index is 2.27. The standard InChI is InChI=1S/C17H29NO/c1-4-6-7-8-9-11-15(3)18-16-12-10-13-17(14-16)19-5-2/h10,12-15,18H,4-9,11H2,1-3H3. The molecule has 0 saturated carbocycles. The van der Waals surface area contributed by atoms with E-state index in [1.54, 1.807) is 0 Å². The van der Waals surface area contributed by atoms with Crippen LogP contribution in [0.5, 0.6) is 5.75 Å². The number of nitrogens with one attached hydrogen (secondary N) is 1. The van der Waals surface area contributed by atoms with E-state index >= 15 is 0 Å². The molecule has 0 spiro atoms. The molecule has 1 aromatic rings. The molecule has 0 aliphatic carbocycles. The van der Waals surface area contributed by atoms with Crippen LogP contribution in [-0.4, -0.2) is 12.6 Å². The van der Waals surface area contributed by atoms with Crippen molar-refractivity contribution in [2.24, 2.45) is 0 Å². The first-order chi connectivity index (χ1) is 9.26. The van der Waals surface area contributed by atoms with Crippen LogP contribution >= 0.6 is 0 Å². The Kier molecular flexibility index (Phi) is 8.11. The van der Waals surface area contributed by atoms with Crippen LogP contribution < -0.4 is 10.1 Å². The maximum Gasteiger partial charge on any atom is 0.121 e. The highest BCUT2D eigenvalue weighted by Gasteiger charge is 2.03. The Hall–Kier alpha value is -1.18. The molecular formula is C17H29NO. The first-order valence-electron chi connectivity index (χ1n) is 7.75. The lowest BCUT2D eigenvalue weighted by molar-refractivity contribution is 0.340. The van der Waals surface area contributed by atoms with Crippen LogP contribution in [0.1, 0.15) is 59.3 Å². The second-order valence-corrected chi connectivity index (χ2v) is 5.21. The number of hydrogen-bond acceptors (Lipinski definition) is 2. The predicted octanol–water partition coefficient (Wildman–Crippen LogP) is 5.25. The molecule has 0 heterocycles. The first kappa shape index (κ1) is 15.9. The van der Waals surface area contributed by atoms with Crippen LogP contribution in [0.15, 0.2) is 24.3 Å². The van der Waals surface area contributed by atoms with Crippen molar-refractivity contribution >= 4 is 5.69 Å². The van der Waals surface area contributed by atoms with Gasteiger partial charge >= 0.3 is 0 Å². The zero-order valence-electron chi connectivity index (χ0n) is 12.7. The summed E-state index contributed by atoms with van der Waals surface area (Å²) in [6, 6.07) is 8.76. The van der Waals surface area contributed by atoms with E-state index in [1.807, 2.05) is 19.1 Å². The molecule has 0 fully saturated rings. The number of hydrogen-bond donors (Lipinski definition) is 1. The molecule has 2 nitrogen and oxygen atoms in total. The van der Waals surface area contributed by atoms with Gasteiger partial charge in [-0.3, -0.25) is 0 Å². The Labute approximate surface area is 118 Å². The van der Waals surface area contributed by atoms with E-state index in [0.717, 1.165) is 18.0 Å². The van der Waals surface area contributed by atoms with Gasteiger partial charge in [-0.05, 0) is 32.4 Å². The smallest absolute Gasteiger partial charge is 0.121 e. The van der Waals surface area contributed by atoms with Gasteiger partial charge in [0.15, 0.2) is 0 Å². The highest BCUT2D eigenvalue weighted by Crippen LogP contribution is 2.19. The largest absolute Gasteiger partial charge is 0.494 e. The third-order valence-electron chi connectivity index (χ3n) is 3.30. The number of rotatable bonds is 10. The van der Waals surface area contributed by atoms with E-state index in [9.17, 15) is 0 Å². The van der Waals surface area contributed by atoms with E-state index in [4.69, 9.17) is 4.74 Å². The van der Waals surface area contributed by atoms with E-state index in [0.29, 0.717) is 6.04 Å². The summed E-state index contributed by atoms with van der Waals surface area (Å²) in [5.41, 5.74) is 1.16. The Morgan fingerprint density at radius 3 is 2.63 bits per heavy atom. The number of ether oxygens (including phenoxy) is 1. The van der Waals surface area contributed by atoms with Gasteiger partial charge in [0.1, 0.15) is 5.75 Å². The lowest BCUT2D eigenvalue weighted by atomic mass is 10.1. The summed E-state index contributed by atoms with van der Waals surface area (Å²) >= 11 is 0. The molecule has 0 bridgehead atoms. The first-order valence-corrected chi connectivity index (χ1v) is 7.75. The van der Waals surface area contributed by atoms with Crippen LogP contribution in [0, 0.1) is 0 Å². The molecule has 1 rings (SSSR count). The van der Waals surface area contributed by atoms with E-state index in [1.165, 1.54) is 38.5 Å². The molecule has 19 heavy (non-hydrogen) atoms. The molecule has 0 amide bonds. The van der Waals surface area contributed by atoms with Gasteiger partial charge in [0.05, 0.1) is 6.61 Å². The maximum atomic E-state index is 5.51. The van der Waals surface area contributed by atoms with Gasteiger partial charge in [-0.25, -0.2) is 0 Å². The van der Waals surface area contributed by atoms with E-state index in [2.05, 4.69) is 31.3 Å². The van der Waals surface area contributed by atoms with Gasteiger partial charge in [-0.2, -0.15) is 0 Å². The monoisotopic (exact) mass is 263 g/mol. The Bertz CT molecular complexity index is 338. The minimum atomic E-state index is 0.526. The molecule has 0 radical (unpaired) electrons. The minimum absolute atomic E-state index is 0.526. The molecule has 1 N–H and O–H groups in total. The molecule has 0 aliphatic heterocycles. The van der Waals surface area contributed by atoms with Crippen LogP contribution in [0.25, 0.3) is 0 Å². The van der Waals surface area contributed by atoms with E-state index in [-0.39, 0.29) is 0 Å². The fourth-order valence-corrected chi connectivity index (χ4v) is 2.25. The van der Waals surface area contributed by atoms with Crippen molar-refractivity contribution in [1.82, 2.24) is 0 Å². The maximum absolute atomic E-state index is 5.51. The summed E-state index contributed by atoms with van der Waals surface area (Å²) in [5.74, 6) is 0.947. The van der Waals surface area contributed by atoms with Crippen LogP contribution in [0.2, 0.25) is 0 Å². The third-order valence-corrected chi connectivity index (χ3v) is 3.30. The van der Waals surface area contributed by atoms with Crippen molar-refractivity contribution in [3.05, 3.63) is 24.3 Å². The van der Waals surface area contributed by atoms with Crippen LogP contribution in [-0.2, 0) is 0 Å². The molecule has 1 aromatic carbocycles. The van der Waals surface area contributed by atoms with Crippen LogP contribution in [0.3, 0.4) is 0 Å². The zero-order chi connectivity index (χ0) is 13.9. The summed E-state index contributed by atoms with van der Waals surface area (Å²) < 4.78 is 5.51. The van der Waals surface area contributed by atoms with Gasteiger partial charge in [0.25, 0.3) is 0 Å². The third kappa shape index (κ3) is 7.09. The second kappa shape index (κ2) is 9.71. The van der Waals surface area contributed by atoms with Crippen molar-refractivity contribution in [2.75, 3.05) is 11.9 Å². The average Bonchev–Trinajstić information content (AvgIpc) is 2.39. The van der Waals surface area contributed by atoms with Gasteiger partial charge in [-0.1, -0.05) is 45.1 Å². The van der Waals surface area contributed by atoms with Gasteiger partial charge < -0.3 is 10.1 Å². The van der Waals surface area contributed by atoms with Crippen molar-refractivity contribution < 1.29 is 4.74 Å². The molecular weight excluding hydrogens is 234 g/mol. The summed E-state index contributed by atoms with van der Waals surface area (Å²) in [4.78, 5) is 0. The average molecular weight is 263 g/mol. The van der Waals surface area contributed by atoms with Gasteiger partial charge in [0.2, 0.25) is 0 Å². The fourth-order valence-electron chi connectivity index (χ4n) is 2.25. The number of benzene rings is 1. The minimum Gasteiger partial charge on any atom is -0.494 e. The highest BCUT2D eigenvalue weighted by atomic mass is 16.5. The lowest BCUT2D eigenvalue weighted by Crippen LogP contribution is -2.14. The van der Waals surface area contributed by atoms with Crippen LogP contribution in [0.4, 0.5) is 5.69 Å². The van der Waals surface area contributed by atoms with Crippen molar-refractivity contribution in [1.29, 1.82) is 0 Å². The molecule has 2 heteroatoms. The SMILES string of the molecule is CCCCCCCC(C)Nc1cccc(OCC)c1. The molecule has 0 aromatic heterocycles. The normalized spacial score (nSPS) is 12.2. The van der Waals surface area contributed by atoms with E-state index < -0.39 is 0 Å². The predicted molar refractivity (Wildman–Crippen MR) is 84.1 cm³/mol. The Morgan fingerprint density at radius 1 is 1.11 bits per heavy atom. The Morgan fingerprint density at radius 2 is 1.89 bits per heavy atom. The van der Waals surface area contributed by atoms with Crippen molar-refractivity contribution in [2.45, 2.75) is 65.3 Å². The molecule has 0 aliphatic rings. The molecule has 1 unspecified atom stereocenters. The highest BCUT2D eigenvalue weighted by molar-refractivity contribution is 5.48. The topological polar surface area (TPSA) is 21.3 Å². The quantitative estimate of drug-likeness (QED) is 0.582. The fraction of sp³-hybridized carbons (Fsp3) is 0.647. The van der Waals surface area contributed by atoms with Gasteiger partial charge in [0, 0.05) is 17.8 Å². The number of unbranched alkanes of at least 4 members (excludes halogenated alkanes) is 4.